The lowest BCUT2D eigenvalue weighted by atomic mass is 9.96. The fraction of sp³-hybridized carbons (Fsp3) is 0.556. The first-order chi connectivity index (χ1) is 10.9. The number of hydrogen-bond acceptors (Lipinski definition) is 2. The predicted octanol–water partition coefficient (Wildman–Crippen LogP) is 3.70. The highest BCUT2D eigenvalue weighted by Crippen LogP contribution is 2.37. The number of rotatable bonds is 3. The fourth-order valence-corrected chi connectivity index (χ4v) is 3.92. The minimum atomic E-state index is -0.792. The van der Waals surface area contributed by atoms with E-state index in [0.717, 1.165) is 28.6 Å². The second kappa shape index (κ2) is 6.27. The molecule has 5 heteroatoms. The van der Waals surface area contributed by atoms with Gasteiger partial charge in [0.2, 0.25) is 11.8 Å². The maximum Gasteiger partial charge on any atom is 0.246 e. The number of halogens is 1. The van der Waals surface area contributed by atoms with E-state index in [1.54, 1.807) is 4.90 Å². The van der Waals surface area contributed by atoms with Crippen LogP contribution in [-0.4, -0.2) is 23.4 Å². The first-order valence-corrected chi connectivity index (χ1v) is 9.11. The molecule has 3 rings (SSSR count). The van der Waals surface area contributed by atoms with Crippen LogP contribution in [0.3, 0.4) is 0 Å². The highest BCUT2D eigenvalue weighted by molar-refractivity contribution is 9.10. The molecule has 23 heavy (non-hydrogen) atoms. The Morgan fingerprint density at radius 1 is 1.35 bits per heavy atom. The Morgan fingerprint density at radius 2 is 2.04 bits per heavy atom. The molecule has 1 aliphatic carbocycles. The minimum absolute atomic E-state index is 0.0178. The van der Waals surface area contributed by atoms with Gasteiger partial charge in [0.25, 0.3) is 0 Å². The first kappa shape index (κ1) is 16.5. The zero-order valence-corrected chi connectivity index (χ0v) is 15.3. The number of amides is 2. The molecule has 1 N–H and O–H groups in total. The van der Waals surface area contributed by atoms with Crippen molar-refractivity contribution in [3.8, 4) is 0 Å². The lowest BCUT2D eigenvalue weighted by Gasteiger charge is -2.35. The van der Waals surface area contributed by atoms with Gasteiger partial charge in [-0.2, -0.15) is 0 Å². The Kier molecular flexibility index (Phi) is 4.50. The van der Waals surface area contributed by atoms with Crippen molar-refractivity contribution in [3.05, 3.63) is 28.2 Å². The molecule has 4 nitrogen and oxygen atoms in total. The summed E-state index contributed by atoms with van der Waals surface area (Å²) in [6, 6.07) is 6.07. The quantitative estimate of drug-likeness (QED) is 0.871. The van der Waals surface area contributed by atoms with E-state index >= 15 is 0 Å². The van der Waals surface area contributed by atoms with Gasteiger partial charge < -0.3 is 5.32 Å². The summed E-state index contributed by atoms with van der Waals surface area (Å²) in [4.78, 5) is 27.0. The molecule has 0 radical (unpaired) electrons. The number of nitrogens with one attached hydrogen (secondary N) is 1. The Morgan fingerprint density at radius 3 is 2.70 bits per heavy atom. The van der Waals surface area contributed by atoms with Gasteiger partial charge in [-0.1, -0.05) is 28.8 Å². The molecule has 0 aromatic heterocycles. The maximum atomic E-state index is 12.9. The highest BCUT2D eigenvalue weighted by atomic mass is 79.9. The van der Waals surface area contributed by atoms with Crippen molar-refractivity contribution in [1.29, 1.82) is 0 Å². The molecule has 124 valence electrons. The Bertz CT molecular complexity index is 640. The van der Waals surface area contributed by atoms with Crippen molar-refractivity contribution >= 4 is 33.4 Å². The molecular formula is C18H23BrN2O2. The number of anilines is 1. The molecule has 1 aromatic rings. The minimum Gasteiger partial charge on any atom is -0.351 e. The Balaban J connectivity index is 1.88. The number of hydrogen-bond donors (Lipinski definition) is 1. The van der Waals surface area contributed by atoms with E-state index in [2.05, 4.69) is 21.2 Å². The van der Waals surface area contributed by atoms with E-state index in [1.165, 1.54) is 12.8 Å². The van der Waals surface area contributed by atoms with Crippen molar-refractivity contribution in [1.82, 2.24) is 5.32 Å². The van der Waals surface area contributed by atoms with Crippen molar-refractivity contribution < 1.29 is 9.59 Å². The number of carbonyl (C=O) groups excluding carboxylic acids is 2. The number of benzene rings is 1. The van der Waals surface area contributed by atoms with E-state index in [9.17, 15) is 9.59 Å². The van der Waals surface area contributed by atoms with Gasteiger partial charge in [-0.15, -0.1) is 0 Å². The summed E-state index contributed by atoms with van der Waals surface area (Å²) in [6.07, 6.45) is 5.44. The molecule has 0 spiro atoms. The smallest absolute Gasteiger partial charge is 0.246 e. The number of aryl methyl sites for hydroxylation is 1. The largest absolute Gasteiger partial charge is 0.351 e. The summed E-state index contributed by atoms with van der Waals surface area (Å²) in [7, 11) is 0. The standard InChI is InChI=1S/C18H23BrN2O2/c1-12-11-14(7-8-15(12)19)21-16(22)9-10-18(21,2)17(23)20-13-5-3-4-6-13/h7-8,11,13H,3-6,9-10H2,1-2H3,(H,20,23)/t18-/m0/s1. The molecule has 2 amide bonds. The fourth-order valence-electron chi connectivity index (χ4n) is 3.67. The van der Waals surface area contributed by atoms with Gasteiger partial charge in [-0.05, 0) is 56.9 Å². The third-order valence-electron chi connectivity index (χ3n) is 5.15. The van der Waals surface area contributed by atoms with Crippen molar-refractivity contribution in [2.45, 2.75) is 64.0 Å². The highest BCUT2D eigenvalue weighted by Gasteiger charge is 2.48. The van der Waals surface area contributed by atoms with E-state index in [4.69, 9.17) is 0 Å². The molecule has 1 aliphatic heterocycles. The first-order valence-electron chi connectivity index (χ1n) is 8.32. The number of carbonyl (C=O) groups is 2. The Labute approximate surface area is 145 Å². The second-order valence-corrected chi connectivity index (χ2v) is 7.75. The van der Waals surface area contributed by atoms with Crippen molar-refractivity contribution in [2.75, 3.05) is 4.90 Å². The molecule has 2 fully saturated rings. The Hall–Kier alpha value is -1.36. The average Bonchev–Trinajstić information content (AvgIpc) is 3.11. The van der Waals surface area contributed by atoms with Gasteiger partial charge >= 0.3 is 0 Å². The van der Waals surface area contributed by atoms with Crippen LogP contribution in [0.4, 0.5) is 5.69 Å². The van der Waals surface area contributed by atoms with Crippen molar-refractivity contribution in [2.24, 2.45) is 0 Å². The summed E-state index contributed by atoms with van der Waals surface area (Å²) in [5, 5.41) is 3.17. The molecule has 1 aromatic carbocycles. The van der Waals surface area contributed by atoms with E-state index in [-0.39, 0.29) is 17.9 Å². The van der Waals surface area contributed by atoms with Crippen LogP contribution in [0.2, 0.25) is 0 Å². The van der Waals surface area contributed by atoms with Crippen LogP contribution < -0.4 is 10.2 Å². The molecule has 0 bridgehead atoms. The van der Waals surface area contributed by atoms with E-state index in [0.29, 0.717) is 12.8 Å². The maximum absolute atomic E-state index is 12.9. The van der Waals surface area contributed by atoms with Crippen LogP contribution >= 0.6 is 15.9 Å². The summed E-state index contributed by atoms with van der Waals surface area (Å²) >= 11 is 3.49. The lowest BCUT2D eigenvalue weighted by molar-refractivity contribution is -0.127. The molecule has 1 atom stereocenters. The third-order valence-corrected chi connectivity index (χ3v) is 6.04. The van der Waals surface area contributed by atoms with Crippen LogP contribution in [0.1, 0.15) is 51.0 Å². The third kappa shape index (κ3) is 3.03. The van der Waals surface area contributed by atoms with Crippen LogP contribution in [0, 0.1) is 6.92 Å². The van der Waals surface area contributed by atoms with Gasteiger partial charge in [0.1, 0.15) is 5.54 Å². The van der Waals surface area contributed by atoms with Gasteiger partial charge in [0, 0.05) is 22.6 Å². The van der Waals surface area contributed by atoms with E-state index < -0.39 is 5.54 Å². The molecule has 2 aliphatic rings. The van der Waals surface area contributed by atoms with Gasteiger partial charge in [0.05, 0.1) is 0 Å². The number of nitrogens with zero attached hydrogens (tertiary/aromatic N) is 1. The zero-order chi connectivity index (χ0) is 16.6. The van der Waals surface area contributed by atoms with Crippen LogP contribution in [0.15, 0.2) is 22.7 Å². The van der Waals surface area contributed by atoms with Gasteiger partial charge in [0.15, 0.2) is 0 Å². The van der Waals surface area contributed by atoms with Crippen LogP contribution in [0.5, 0.6) is 0 Å². The molecular weight excluding hydrogens is 356 g/mol. The summed E-state index contributed by atoms with van der Waals surface area (Å²) in [5.74, 6) is 0.00613. The summed E-state index contributed by atoms with van der Waals surface area (Å²) < 4.78 is 1.00. The summed E-state index contributed by atoms with van der Waals surface area (Å²) in [6.45, 7) is 3.88. The monoisotopic (exact) mass is 378 g/mol. The SMILES string of the molecule is Cc1cc(N2C(=O)CC[C@@]2(C)C(=O)NC2CCCC2)ccc1Br. The topological polar surface area (TPSA) is 49.4 Å². The van der Waals surface area contributed by atoms with Crippen molar-refractivity contribution in [3.63, 3.8) is 0 Å². The normalized spacial score (nSPS) is 25.2. The molecule has 1 saturated carbocycles. The molecule has 1 heterocycles. The van der Waals surface area contributed by atoms with Crippen LogP contribution in [-0.2, 0) is 9.59 Å². The average molecular weight is 379 g/mol. The van der Waals surface area contributed by atoms with Gasteiger partial charge in [-0.25, -0.2) is 0 Å². The second-order valence-electron chi connectivity index (χ2n) is 6.89. The molecule has 1 saturated heterocycles. The van der Waals surface area contributed by atoms with E-state index in [1.807, 2.05) is 32.0 Å². The summed E-state index contributed by atoms with van der Waals surface area (Å²) in [5.41, 5.74) is 1.07. The van der Waals surface area contributed by atoms with Gasteiger partial charge in [-0.3, -0.25) is 14.5 Å². The van der Waals surface area contributed by atoms with Crippen LogP contribution in [0.25, 0.3) is 0 Å². The lowest BCUT2D eigenvalue weighted by Crippen LogP contribution is -2.56. The molecule has 0 unspecified atom stereocenters. The zero-order valence-electron chi connectivity index (χ0n) is 13.7. The predicted molar refractivity (Wildman–Crippen MR) is 94.4 cm³/mol.